The molecule has 1 aliphatic heterocycles. The number of nitrogens with two attached hydrogens (primary N) is 1. The van der Waals surface area contributed by atoms with Gasteiger partial charge in [0, 0.05) is 0 Å². The highest BCUT2D eigenvalue weighted by molar-refractivity contribution is 8.25. The molecular weight excluding hydrogens is 288 g/mol. The molecular formula is C11H10N2O2S3. The van der Waals surface area contributed by atoms with E-state index in [0.717, 1.165) is 11.8 Å². The zero-order chi connectivity index (χ0) is 13.3. The van der Waals surface area contributed by atoms with E-state index in [1.165, 1.54) is 4.90 Å². The Morgan fingerprint density at radius 3 is 2.61 bits per heavy atom. The second-order valence-electron chi connectivity index (χ2n) is 3.66. The number of nitrogens with zero attached hydrogens (tertiary/aromatic N) is 1. The molecule has 1 saturated heterocycles. The molecule has 18 heavy (non-hydrogen) atoms. The summed E-state index contributed by atoms with van der Waals surface area (Å²) in [6, 6.07) is 9.05. The minimum Gasteiger partial charge on any atom is -0.369 e. The molecule has 0 aromatic heterocycles. The summed E-state index contributed by atoms with van der Waals surface area (Å²) in [5.41, 5.74) is 5.85. The molecule has 2 amide bonds. The molecule has 1 aromatic rings. The van der Waals surface area contributed by atoms with E-state index in [1.807, 2.05) is 18.2 Å². The second-order valence-corrected chi connectivity index (χ2v) is 5.99. The number of hydrogen-bond donors (Lipinski definition) is 2. The summed E-state index contributed by atoms with van der Waals surface area (Å²) in [4.78, 5) is 24.7. The van der Waals surface area contributed by atoms with Gasteiger partial charge in [0.1, 0.15) is 14.8 Å². The normalized spacial score (nSPS) is 21.2. The van der Waals surface area contributed by atoms with E-state index < -0.39 is 16.4 Å². The molecule has 0 aliphatic carbocycles. The first kappa shape index (κ1) is 13.4. The zero-order valence-corrected chi connectivity index (χ0v) is 11.7. The number of thiol groups is 1. The minimum atomic E-state index is -0.839. The Balaban J connectivity index is 2.28. The monoisotopic (exact) mass is 298 g/mol. The molecule has 2 N–H and O–H groups in total. The van der Waals surface area contributed by atoms with Gasteiger partial charge in [-0.2, -0.15) is 12.6 Å². The van der Waals surface area contributed by atoms with Crippen molar-refractivity contribution in [2.24, 2.45) is 5.73 Å². The topological polar surface area (TPSA) is 63.4 Å². The average molecular weight is 298 g/mol. The quantitative estimate of drug-likeness (QED) is 0.650. The lowest BCUT2D eigenvalue weighted by molar-refractivity contribution is -0.121. The third-order valence-electron chi connectivity index (χ3n) is 2.47. The van der Waals surface area contributed by atoms with E-state index in [2.05, 4.69) is 12.6 Å². The molecule has 1 aromatic carbocycles. The van der Waals surface area contributed by atoms with E-state index in [4.69, 9.17) is 18.0 Å². The molecule has 94 valence electrons. The van der Waals surface area contributed by atoms with Crippen LogP contribution in [0.3, 0.4) is 0 Å². The number of rotatable bonds is 3. The van der Waals surface area contributed by atoms with Crippen molar-refractivity contribution in [3.63, 3.8) is 0 Å². The van der Waals surface area contributed by atoms with Crippen molar-refractivity contribution in [1.29, 1.82) is 0 Å². The lowest BCUT2D eigenvalue weighted by atomic mass is 10.2. The van der Waals surface area contributed by atoms with Gasteiger partial charge in [0.2, 0.25) is 11.8 Å². The molecule has 2 rings (SSSR count). The van der Waals surface area contributed by atoms with Crippen LogP contribution < -0.4 is 10.6 Å². The van der Waals surface area contributed by atoms with Gasteiger partial charge in [0.25, 0.3) is 0 Å². The molecule has 7 heteroatoms. The summed E-state index contributed by atoms with van der Waals surface area (Å²) < 4.78 is 0.413. The molecule has 0 radical (unpaired) electrons. The maximum absolute atomic E-state index is 12.2. The Bertz CT molecular complexity index is 506. The van der Waals surface area contributed by atoms with E-state index in [0.29, 0.717) is 10.0 Å². The highest BCUT2D eigenvalue weighted by Crippen LogP contribution is 2.34. The van der Waals surface area contributed by atoms with Crippen LogP contribution >= 0.6 is 36.6 Å². The molecule has 1 aliphatic rings. The van der Waals surface area contributed by atoms with Crippen LogP contribution in [0.4, 0.5) is 5.69 Å². The number of para-hydroxylation sites is 1. The fourth-order valence-electron chi connectivity index (χ4n) is 1.59. The van der Waals surface area contributed by atoms with Crippen molar-refractivity contribution in [3.05, 3.63) is 30.3 Å². The summed E-state index contributed by atoms with van der Waals surface area (Å²) in [5, 5.41) is -1.49. The summed E-state index contributed by atoms with van der Waals surface area (Å²) in [7, 11) is 0. The standard InChI is InChI=1S/C11H10N2O2S3/c12-9(14)7(16)8-10(15)13(11(17)18-8)6-4-2-1-3-5-6/h1-5,7-8,16H,(H2,12,14). The Labute approximate surface area is 119 Å². The Hall–Kier alpha value is -1.05. The lowest BCUT2D eigenvalue weighted by Crippen LogP contribution is -2.40. The second kappa shape index (κ2) is 5.29. The van der Waals surface area contributed by atoms with Gasteiger partial charge in [-0.25, -0.2) is 0 Å². The number of thiocarbonyl (C=S) groups is 1. The van der Waals surface area contributed by atoms with Crippen molar-refractivity contribution < 1.29 is 9.59 Å². The zero-order valence-electron chi connectivity index (χ0n) is 9.15. The van der Waals surface area contributed by atoms with Crippen LogP contribution in [0.2, 0.25) is 0 Å². The summed E-state index contributed by atoms with van der Waals surface area (Å²) >= 11 is 10.4. The average Bonchev–Trinajstić information content (AvgIpc) is 2.65. The van der Waals surface area contributed by atoms with Crippen LogP contribution in [0.25, 0.3) is 0 Å². The first-order chi connectivity index (χ1) is 8.52. The first-order valence-corrected chi connectivity index (χ1v) is 6.90. The molecule has 4 nitrogen and oxygen atoms in total. The Kier molecular flexibility index (Phi) is 3.94. The number of hydrogen-bond acceptors (Lipinski definition) is 5. The van der Waals surface area contributed by atoms with Crippen LogP contribution in [0.5, 0.6) is 0 Å². The van der Waals surface area contributed by atoms with Crippen LogP contribution in [-0.4, -0.2) is 26.6 Å². The van der Waals surface area contributed by atoms with Gasteiger partial charge in [-0.05, 0) is 12.1 Å². The van der Waals surface area contributed by atoms with Crippen LogP contribution in [0, 0.1) is 0 Å². The van der Waals surface area contributed by atoms with Gasteiger partial charge < -0.3 is 5.73 Å². The highest BCUT2D eigenvalue weighted by atomic mass is 32.2. The largest absolute Gasteiger partial charge is 0.369 e. The SMILES string of the molecule is NC(=O)C(S)C1SC(=S)N(c2ccccc2)C1=O. The first-order valence-electron chi connectivity index (χ1n) is 5.09. The number of carbonyl (C=O) groups excluding carboxylic acids is 2. The summed E-state index contributed by atoms with van der Waals surface area (Å²) in [6.07, 6.45) is 0. The number of anilines is 1. The smallest absolute Gasteiger partial charge is 0.247 e. The third-order valence-corrected chi connectivity index (χ3v) is 4.80. The number of carbonyl (C=O) groups is 2. The van der Waals surface area contributed by atoms with Gasteiger partial charge in [0.15, 0.2) is 0 Å². The Morgan fingerprint density at radius 1 is 1.44 bits per heavy atom. The predicted molar refractivity (Wildman–Crippen MR) is 79.9 cm³/mol. The van der Waals surface area contributed by atoms with Crippen molar-refractivity contribution in [1.82, 2.24) is 0 Å². The van der Waals surface area contributed by atoms with Crippen molar-refractivity contribution in [3.8, 4) is 0 Å². The van der Waals surface area contributed by atoms with Gasteiger partial charge in [-0.3, -0.25) is 14.5 Å². The van der Waals surface area contributed by atoms with E-state index in [-0.39, 0.29) is 5.91 Å². The Morgan fingerprint density at radius 2 is 2.06 bits per heavy atom. The molecule has 0 saturated carbocycles. The fraction of sp³-hybridized carbons (Fsp3) is 0.182. The lowest BCUT2D eigenvalue weighted by Gasteiger charge is -2.16. The molecule has 2 atom stereocenters. The van der Waals surface area contributed by atoms with Gasteiger partial charge in [0.05, 0.1) is 5.69 Å². The highest BCUT2D eigenvalue weighted by Gasteiger charge is 2.43. The van der Waals surface area contributed by atoms with Gasteiger partial charge in [-0.1, -0.05) is 42.2 Å². The van der Waals surface area contributed by atoms with Crippen molar-refractivity contribution in [2.45, 2.75) is 10.5 Å². The number of primary amides is 1. The minimum absolute atomic E-state index is 0.255. The molecule has 0 bridgehead atoms. The maximum Gasteiger partial charge on any atom is 0.247 e. The molecule has 1 fully saturated rings. The van der Waals surface area contributed by atoms with Crippen LogP contribution in [0.1, 0.15) is 0 Å². The summed E-state index contributed by atoms with van der Waals surface area (Å²) in [6.45, 7) is 0. The van der Waals surface area contributed by atoms with Crippen LogP contribution in [0.15, 0.2) is 30.3 Å². The number of thioether (sulfide) groups is 1. The fourth-order valence-corrected chi connectivity index (χ4v) is 3.39. The van der Waals surface area contributed by atoms with Crippen molar-refractivity contribution in [2.75, 3.05) is 4.90 Å². The third kappa shape index (κ3) is 2.38. The predicted octanol–water partition coefficient (Wildman–Crippen LogP) is 1.20. The molecule has 1 heterocycles. The molecule has 0 spiro atoms. The van der Waals surface area contributed by atoms with E-state index >= 15 is 0 Å². The van der Waals surface area contributed by atoms with E-state index in [1.54, 1.807) is 12.1 Å². The van der Waals surface area contributed by atoms with Crippen LogP contribution in [-0.2, 0) is 9.59 Å². The van der Waals surface area contributed by atoms with E-state index in [9.17, 15) is 9.59 Å². The van der Waals surface area contributed by atoms with Crippen molar-refractivity contribution >= 4 is 58.4 Å². The number of benzene rings is 1. The summed E-state index contributed by atoms with van der Waals surface area (Å²) in [5.74, 6) is -0.878. The van der Waals surface area contributed by atoms with Gasteiger partial charge >= 0.3 is 0 Å². The van der Waals surface area contributed by atoms with Gasteiger partial charge in [-0.15, -0.1) is 0 Å². The molecule has 2 unspecified atom stereocenters. The number of amides is 2. The maximum atomic E-state index is 12.2.